The van der Waals surface area contributed by atoms with Gasteiger partial charge in [0, 0.05) is 13.1 Å². The van der Waals surface area contributed by atoms with E-state index in [9.17, 15) is 14.4 Å². The Morgan fingerprint density at radius 3 is 1.71 bits per heavy atom. The van der Waals surface area contributed by atoms with E-state index in [1.54, 1.807) is 26.8 Å². The van der Waals surface area contributed by atoms with Gasteiger partial charge in [-0.2, -0.15) is 0 Å². The number of hydrogen-bond acceptors (Lipinski definition) is 6. The Balaban J connectivity index is 1.90. The van der Waals surface area contributed by atoms with Crippen molar-refractivity contribution < 1.29 is 28.6 Å². The molecule has 41 heavy (non-hydrogen) atoms. The van der Waals surface area contributed by atoms with E-state index in [4.69, 9.17) is 14.2 Å². The van der Waals surface area contributed by atoms with E-state index in [0.717, 1.165) is 16.7 Å². The Bertz CT molecular complexity index is 1250. The molecule has 0 saturated heterocycles. The number of hydrogen-bond donors (Lipinski definition) is 0. The second-order valence-electron chi connectivity index (χ2n) is 10.8. The molecule has 0 aromatic heterocycles. The minimum atomic E-state index is -1.03. The van der Waals surface area contributed by atoms with E-state index in [-0.39, 0.29) is 32.7 Å². The van der Waals surface area contributed by atoms with Gasteiger partial charge in [-0.15, -0.1) is 6.58 Å². The highest BCUT2D eigenvalue weighted by Gasteiger charge is 2.39. The molecule has 0 N–H and O–H groups in total. The Kier molecular flexibility index (Phi) is 11.7. The van der Waals surface area contributed by atoms with Crippen LogP contribution in [0.1, 0.15) is 43.9 Å². The summed E-state index contributed by atoms with van der Waals surface area (Å²) in [5.74, 6) is -3.12. The first-order valence-corrected chi connectivity index (χ1v) is 13.7. The Morgan fingerprint density at radius 1 is 0.732 bits per heavy atom. The number of carbonyl (C=O) groups excluding carboxylic acids is 3. The topological polar surface area (TPSA) is 82.1 Å². The summed E-state index contributed by atoms with van der Waals surface area (Å²) in [4.78, 5) is 41.9. The quantitative estimate of drug-likeness (QED) is 0.132. The van der Waals surface area contributed by atoms with Gasteiger partial charge < -0.3 is 19.1 Å². The van der Waals surface area contributed by atoms with E-state index in [1.807, 2.05) is 91.0 Å². The lowest BCUT2D eigenvalue weighted by atomic mass is 9.88. The van der Waals surface area contributed by atoms with Crippen LogP contribution in [0.2, 0.25) is 0 Å². The number of allylic oxidation sites excluding steroid dienone is 1. The molecule has 2 unspecified atom stereocenters. The van der Waals surface area contributed by atoms with Crippen molar-refractivity contribution in [3.05, 3.63) is 120 Å². The molecule has 0 spiro atoms. The first-order chi connectivity index (χ1) is 19.7. The maximum Gasteiger partial charge on any atom is 0.410 e. The molecular formula is C34H39NO6. The average molecular weight is 558 g/mol. The second-order valence-corrected chi connectivity index (χ2v) is 10.8. The molecular weight excluding hydrogens is 518 g/mol. The Hall–Kier alpha value is -4.39. The molecule has 0 heterocycles. The summed E-state index contributed by atoms with van der Waals surface area (Å²) in [5.41, 5.74) is 1.71. The molecule has 3 aromatic carbocycles. The van der Waals surface area contributed by atoms with E-state index in [2.05, 4.69) is 6.58 Å². The molecule has 216 valence electrons. The monoisotopic (exact) mass is 557 g/mol. The van der Waals surface area contributed by atoms with Gasteiger partial charge in [0.05, 0.1) is 11.8 Å². The zero-order valence-electron chi connectivity index (χ0n) is 24.0. The van der Waals surface area contributed by atoms with Crippen molar-refractivity contribution in [3.63, 3.8) is 0 Å². The van der Waals surface area contributed by atoms with Gasteiger partial charge in [-0.1, -0.05) is 97.1 Å². The van der Waals surface area contributed by atoms with E-state index in [1.165, 1.54) is 4.90 Å². The van der Waals surface area contributed by atoms with Gasteiger partial charge in [0.15, 0.2) is 0 Å². The summed E-state index contributed by atoms with van der Waals surface area (Å²) in [5, 5.41) is 0. The minimum absolute atomic E-state index is 0.0302. The van der Waals surface area contributed by atoms with Gasteiger partial charge in [-0.3, -0.25) is 9.59 Å². The van der Waals surface area contributed by atoms with Crippen molar-refractivity contribution in [3.8, 4) is 0 Å². The van der Waals surface area contributed by atoms with E-state index < -0.39 is 35.5 Å². The molecule has 3 aromatic rings. The average Bonchev–Trinajstić information content (AvgIpc) is 2.96. The summed E-state index contributed by atoms with van der Waals surface area (Å²) >= 11 is 0. The van der Waals surface area contributed by atoms with Crippen molar-refractivity contribution in [2.45, 2.75) is 52.6 Å². The third-order valence-corrected chi connectivity index (χ3v) is 6.24. The highest BCUT2D eigenvalue weighted by Crippen LogP contribution is 2.26. The third kappa shape index (κ3) is 10.6. The number of ether oxygens (including phenoxy) is 3. The number of rotatable bonds is 13. The van der Waals surface area contributed by atoms with Crippen LogP contribution in [0.5, 0.6) is 0 Å². The van der Waals surface area contributed by atoms with Gasteiger partial charge in [0.2, 0.25) is 0 Å². The second kappa shape index (κ2) is 15.4. The molecule has 2 atom stereocenters. The summed E-state index contributed by atoms with van der Waals surface area (Å²) in [6.07, 6.45) is 1.12. The third-order valence-electron chi connectivity index (χ3n) is 6.24. The molecule has 3 rings (SSSR count). The van der Waals surface area contributed by atoms with Crippen molar-refractivity contribution >= 4 is 18.0 Å². The number of carbonyl (C=O) groups is 3. The van der Waals surface area contributed by atoms with Crippen LogP contribution in [-0.4, -0.2) is 35.1 Å². The number of benzene rings is 3. The molecule has 0 aliphatic rings. The molecule has 0 aliphatic carbocycles. The SMILES string of the molecule is C=CCC(C(=O)OC(C)(C)C)C(CN(Cc1ccccc1)C(=O)OCc1ccccc1)C(=O)OCc1ccccc1. The number of nitrogens with zero attached hydrogens (tertiary/aromatic N) is 1. The first kappa shape index (κ1) is 31.1. The van der Waals surface area contributed by atoms with Crippen molar-refractivity contribution in [2.75, 3.05) is 6.54 Å². The zero-order valence-corrected chi connectivity index (χ0v) is 24.0. The van der Waals surface area contributed by atoms with Crippen LogP contribution in [-0.2, 0) is 43.6 Å². The van der Waals surface area contributed by atoms with E-state index in [0.29, 0.717) is 0 Å². The van der Waals surface area contributed by atoms with Crippen molar-refractivity contribution in [1.82, 2.24) is 4.90 Å². The molecule has 0 bridgehead atoms. The lowest BCUT2D eigenvalue weighted by molar-refractivity contribution is -0.169. The molecule has 1 amide bonds. The van der Waals surface area contributed by atoms with Gasteiger partial charge in [0.25, 0.3) is 0 Å². The smallest absolute Gasteiger partial charge is 0.410 e. The number of amides is 1. The van der Waals surface area contributed by atoms with Crippen molar-refractivity contribution in [1.29, 1.82) is 0 Å². The number of esters is 2. The standard InChI is InChI=1S/C34H39NO6/c1-5-15-29(32(37)41-34(2,3)4)30(31(36)39-24-27-18-11-7-12-19-27)23-35(22-26-16-9-6-10-17-26)33(38)40-25-28-20-13-8-14-21-28/h5-14,16-21,29-30H,1,15,22-25H2,2-4H3. The summed E-state index contributed by atoms with van der Waals surface area (Å²) in [6, 6.07) is 28.0. The fourth-order valence-electron chi connectivity index (χ4n) is 4.24. The van der Waals surface area contributed by atoms with Crippen LogP contribution in [0.15, 0.2) is 104 Å². The van der Waals surface area contributed by atoms with Crippen LogP contribution < -0.4 is 0 Å². The van der Waals surface area contributed by atoms with Gasteiger partial charge >= 0.3 is 18.0 Å². The molecule has 0 fully saturated rings. The normalized spacial score (nSPS) is 12.5. The van der Waals surface area contributed by atoms with Crippen LogP contribution in [0.25, 0.3) is 0 Å². The van der Waals surface area contributed by atoms with Gasteiger partial charge in [-0.25, -0.2) is 4.79 Å². The Morgan fingerprint density at radius 2 is 1.22 bits per heavy atom. The van der Waals surface area contributed by atoms with Crippen LogP contribution in [0, 0.1) is 11.8 Å². The first-order valence-electron chi connectivity index (χ1n) is 13.7. The minimum Gasteiger partial charge on any atom is -0.461 e. The summed E-state index contributed by atoms with van der Waals surface area (Å²) < 4.78 is 17.0. The fraction of sp³-hybridized carbons (Fsp3) is 0.324. The summed E-state index contributed by atoms with van der Waals surface area (Å²) in [6.45, 7) is 9.24. The highest BCUT2D eigenvalue weighted by molar-refractivity contribution is 5.83. The predicted octanol–water partition coefficient (Wildman–Crippen LogP) is 6.72. The van der Waals surface area contributed by atoms with Gasteiger partial charge in [0.1, 0.15) is 18.8 Å². The maximum absolute atomic E-state index is 13.6. The molecule has 7 heteroatoms. The largest absolute Gasteiger partial charge is 0.461 e. The zero-order chi connectivity index (χ0) is 29.7. The highest BCUT2D eigenvalue weighted by atomic mass is 16.6. The lowest BCUT2D eigenvalue weighted by Crippen LogP contribution is -2.44. The predicted molar refractivity (Wildman–Crippen MR) is 157 cm³/mol. The van der Waals surface area contributed by atoms with Crippen molar-refractivity contribution in [2.24, 2.45) is 11.8 Å². The van der Waals surface area contributed by atoms with Gasteiger partial charge in [-0.05, 0) is 43.9 Å². The fourth-order valence-corrected chi connectivity index (χ4v) is 4.24. The molecule has 0 radical (unpaired) electrons. The molecule has 0 saturated carbocycles. The molecule has 7 nitrogen and oxygen atoms in total. The maximum atomic E-state index is 13.6. The molecule has 0 aliphatic heterocycles. The summed E-state index contributed by atoms with van der Waals surface area (Å²) in [7, 11) is 0. The van der Waals surface area contributed by atoms with Crippen LogP contribution in [0.3, 0.4) is 0 Å². The van der Waals surface area contributed by atoms with Crippen LogP contribution >= 0.6 is 0 Å². The van der Waals surface area contributed by atoms with Crippen LogP contribution in [0.4, 0.5) is 4.79 Å². The lowest BCUT2D eigenvalue weighted by Gasteiger charge is -2.31. The Labute approximate surface area is 242 Å². The van der Waals surface area contributed by atoms with E-state index >= 15 is 0 Å².